The Balaban J connectivity index is 0.000000481. The fourth-order valence-electron chi connectivity index (χ4n) is 1.95. The van der Waals surface area contributed by atoms with Gasteiger partial charge in [0.2, 0.25) is 0 Å². The lowest BCUT2D eigenvalue weighted by atomic mass is 10.1. The fourth-order valence-corrected chi connectivity index (χ4v) is 1.95. The summed E-state index contributed by atoms with van der Waals surface area (Å²) in [5.41, 5.74) is 1.94. The second-order valence-electron chi connectivity index (χ2n) is 6.48. The number of rotatable bonds is 4. The molecule has 0 aromatic heterocycles. The Morgan fingerprint density at radius 2 is 0.966 bits per heavy atom. The highest BCUT2D eigenvalue weighted by atomic mass is 16.4. The minimum Gasteiger partial charge on any atom is -0.478 e. The SMILES string of the molecule is CC(=O)c1ccc(C(=O)N(C)C)cc1.CC(=O)c1ccc(C(=O)O)cc1.CCC. The first kappa shape index (κ1) is 25.7. The van der Waals surface area contributed by atoms with Gasteiger partial charge in [-0.3, -0.25) is 14.4 Å². The minimum atomic E-state index is -0.981. The van der Waals surface area contributed by atoms with E-state index in [4.69, 9.17) is 5.11 Å². The summed E-state index contributed by atoms with van der Waals surface area (Å²) >= 11 is 0. The third kappa shape index (κ3) is 9.46. The summed E-state index contributed by atoms with van der Waals surface area (Å²) in [6, 6.07) is 12.5. The maximum absolute atomic E-state index is 11.5. The zero-order chi connectivity index (χ0) is 22.6. The number of hydrogen-bond acceptors (Lipinski definition) is 4. The molecule has 0 saturated carbocycles. The van der Waals surface area contributed by atoms with Gasteiger partial charge in [0.1, 0.15) is 0 Å². The molecule has 0 heterocycles. The van der Waals surface area contributed by atoms with E-state index >= 15 is 0 Å². The van der Waals surface area contributed by atoms with Crippen LogP contribution in [0.25, 0.3) is 0 Å². The molecule has 6 heteroatoms. The largest absolute Gasteiger partial charge is 0.478 e. The average molecular weight is 399 g/mol. The number of Topliss-reactive ketones (excluding diaryl/α,β-unsaturated/α-hetero) is 2. The molecule has 29 heavy (non-hydrogen) atoms. The summed E-state index contributed by atoms with van der Waals surface area (Å²) in [6.45, 7) is 7.19. The van der Waals surface area contributed by atoms with Gasteiger partial charge >= 0.3 is 5.97 Å². The van der Waals surface area contributed by atoms with Crippen molar-refractivity contribution in [3.63, 3.8) is 0 Å². The molecule has 1 N–H and O–H groups in total. The Labute approximate surface area is 172 Å². The number of nitrogens with zero attached hydrogens (tertiary/aromatic N) is 1. The quantitative estimate of drug-likeness (QED) is 0.759. The number of aromatic carboxylic acids is 1. The molecule has 0 aliphatic heterocycles. The molecule has 0 fully saturated rings. The maximum atomic E-state index is 11.5. The van der Waals surface area contributed by atoms with Gasteiger partial charge in [0.15, 0.2) is 11.6 Å². The molecule has 0 saturated heterocycles. The first-order chi connectivity index (χ1) is 13.5. The molecule has 0 unspecified atom stereocenters. The van der Waals surface area contributed by atoms with Gasteiger partial charge in [-0.2, -0.15) is 0 Å². The zero-order valence-electron chi connectivity index (χ0n) is 17.9. The average Bonchev–Trinajstić information content (AvgIpc) is 2.68. The molecular weight excluding hydrogens is 370 g/mol. The molecule has 0 aliphatic carbocycles. The Kier molecular flexibility index (Phi) is 11.5. The van der Waals surface area contributed by atoms with Crippen LogP contribution in [-0.4, -0.2) is 47.5 Å². The van der Waals surface area contributed by atoms with Gasteiger partial charge in [-0.15, -0.1) is 0 Å². The number of carboxylic acid groups (broad SMARTS) is 1. The molecule has 156 valence electrons. The van der Waals surface area contributed by atoms with Gasteiger partial charge < -0.3 is 10.0 Å². The van der Waals surface area contributed by atoms with E-state index in [-0.39, 0.29) is 23.0 Å². The number of amides is 1. The van der Waals surface area contributed by atoms with Crippen molar-refractivity contribution in [1.82, 2.24) is 4.90 Å². The van der Waals surface area contributed by atoms with Crippen LogP contribution < -0.4 is 0 Å². The third-order valence-corrected chi connectivity index (χ3v) is 3.48. The second-order valence-corrected chi connectivity index (χ2v) is 6.48. The second kappa shape index (κ2) is 13.0. The topological polar surface area (TPSA) is 91.8 Å². The van der Waals surface area contributed by atoms with Gasteiger partial charge in [0, 0.05) is 30.8 Å². The lowest BCUT2D eigenvalue weighted by Crippen LogP contribution is -2.21. The van der Waals surface area contributed by atoms with Crippen molar-refractivity contribution in [3.05, 3.63) is 70.8 Å². The van der Waals surface area contributed by atoms with Crippen LogP contribution in [-0.2, 0) is 0 Å². The molecule has 0 aliphatic rings. The van der Waals surface area contributed by atoms with Gasteiger partial charge in [-0.25, -0.2) is 4.79 Å². The van der Waals surface area contributed by atoms with Crippen LogP contribution in [0.1, 0.15) is 75.5 Å². The molecule has 0 atom stereocenters. The fraction of sp³-hybridized carbons (Fsp3) is 0.304. The van der Waals surface area contributed by atoms with Gasteiger partial charge in [0.25, 0.3) is 5.91 Å². The van der Waals surface area contributed by atoms with E-state index in [1.54, 1.807) is 38.4 Å². The van der Waals surface area contributed by atoms with Crippen molar-refractivity contribution in [2.45, 2.75) is 34.1 Å². The standard InChI is InChI=1S/C11H13NO2.C9H8O3.C3H8/c1-8(13)9-4-6-10(7-5-9)11(14)12(2)3;1-6(10)7-2-4-8(5-3-7)9(11)12;1-3-2/h4-7H,1-3H3;2-5H,1H3,(H,11,12);3H2,1-2H3. The summed E-state index contributed by atoms with van der Waals surface area (Å²) in [6.07, 6.45) is 1.25. The predicted octanol–water partition coefficient (Wildman–Crippen LogP) is 4.59. The lowest BCUT2D eigenvalue weighted by molar-refractivity contribution is 0.0695. The van der Waals surface area contributed by atoms with Crippen LogP contribution in [0.5, 0.6) is 0 Å². The summed E-state index contributed by atoms with van der Waals surface area (Å²) in [4.78, 5) is 45.1. The highest BCUT2D eigenvalue weighted by Gasteiger charge is 2.07. The van der Waals surface area contributed by atoms with Crippen LogP contribution in [0.3, 0.4) is 0 Å². The number of ketones is 2. The molecule has 2 aromatic carbocycles. The van der Waals surface area contributed by atoms with Gasteiger partial charge in [-0.05, 0) is 38.1 Å². The monoisotopic (exact) mass is 399 g/mol. The molecular formula is C23H29NO5. The number of hydrogen-bond donors (Lipinski definition) is 1. The summed E-state index contributed by atoms with van der Waals surface area (Å²) in [7, 11) is 3.39. The first-order valence-corrected chi connectivity index (χ1v) is 9.22. The van der Waals surface area contributed by atoms with Crippen LogP contribution >= 0.6 is 0 Å². The minimum absolute atomic E-state index is 0.00820. The van der Waals surface area contributed by atoms with Gasteiger partial charge in [0.05, 0.1) is 5.56 Å². The van der Waals surface area contributed by atoms with Crippen molar-refractivity contribution < 1.29 is 24.3 Å². The van der Waals surface area contributed by atoms with E-state index in [2.05, 4.69) is 13.8 Å². The third-order valence-electron chi connectivity index (χ3n) is 3.48. The van der Waals surface area contributed by atoms with Crippen molar-refractivity contribution in [1.29, 1.82) is 0 Å². The van der Waals surface area contributed by atoms with Crippen molar-refractivity contribution >= 4 is 23.4 Å². The number of carbonyl (C=O) groups is 4. The molecule has 2 aromatic rings. The van der Waals surface area contributed by atoms with Crippen LogP contribution in [0.15, 0.2) is 48.5 Å². The Morgan fingerprint density at radius 1 is 0.690 bits per heavy atom. The molecule has 6 nitrogen and oxygen atoms in total. The normalized spacial score (nSPS) is 9.17. The van der Waals surface area contributed by atoms with Crippen molar-refractivity contribution in [3.8, 4) is 0 Å². The molecule has 1 amide bonds. The Bertz CT molecular complexity index is 788. The number of carbonyl (C=O) groups excluding carboxylic acids is 3. The van der Waals surface area contributed by atoms with Crippen LogP contribution in [0.2, 0.25) is 0 Å². The van der Waals surface area contributed by atoms with E-state index in [1.807, 2.05) is 0 Å². The Hall–Kier alpha value is -3.28. The first-order valence-electron chi connectivity index (χ1n) is 9.22. The van der Waals surface area contributed by atoms with Crippen LogP contribution in [0, 0.1) is 0 Å². The van der Waals surface area contributed by atoms with Crippen LogP contribution in [0.4, 0.5) is 0 Å². The Morgan fingerprint density at radius 3 is 1.21 bits per heavy atom. The predicted molar refractivity (Wildman–Crippen MR) is 114 cm³/mol. The smallest absolute Gasteiger partial charge is 0.335 e. The highest BCUT2D eigenvalue weighted by molar-refractivity contribution is 5.97. The molecule has 0 bridgehead atoms. The zero-order valence-corrected chi connectivity index (χ0v) is 17.9. The lowest BCUT2D eigenvalue weighted by Gasteiger charge is -2.09. The molecule has 2 rings (SSSR count). The summed E-state index contributed by atoms with van der Waals surface area (Å²) in [5, 5.41) is 8.53. The van der Waals surface area contributed by atoms with Gasteiger partial charge in [-0.1, -0.05) is 44.5 Å². The summed E-state index contributed by atoms with van der Waals surface area (Å²) in [5.74, 6) is -1.09. The van der Waals surface area contributed by atoms with E-state index < -0.39 is 5.97 Å². The van der Waals surface area contributed by atoms with E-state index in [1.165, 1.54) is 49.4 Å². The van der Waals surface area contributed by atoms with E-state index in [0.29, 0.717) is 16.7 Å². The van der Waals surface area contributed by atoms with E-state index in [9.17, 15) is 19.2 Å². The summed E-state index contributed by atoms with van der Waals surface area (Å²) < 4.78 is 0. The molecule has 0 spiro atoms. The maximum Gasteiger partial charge on any atom is 0.335 e. The number of carboxylic acids is 1. The molecule has 0 radical (unpaired) electrons. The highest BCUT2D eigenvalue weighted by Crippen LogP contribution is 2.07. The van der Waals surface area contributed by atoms with E-state index in [0.717, 1.165) is 0 Å². The number of benzene rings is 2. The van der Waals surface area contributed by atoms with Crippen molar-refractivity contribution in [2.75, 3.05) is 14.1 Å². The van der Waals surface area contributed by atoms with Crippen molar-refractivity contribution in [2.24, 2.45) is 0 Å².